The van der Waals surface area contributed by atoms with Gasteiger partial charge in [0.25, 0.3) is 5.69 Å². The van der Waals surface area contributed by atoms with Crippen LogP contribution in [0.15, 0.2) is 22.7 Å². The van der Waals surface area contributed by atoms with E-state index in [1.54, 1.807) is 24.1 Å². The molecule has 0 saturated heterocycles. The lowest BCUT2D eigenvalue weighted by atomic mass is 10.2. The number of likely N-dealkylation sites (N-methyl/N-ethyl adjacent to an activating group) is 1. The van der Waals surface area contributed by atoms with Crippen molar-refractivity contribution in [2.75, 3.05) is 25.1 Å². The molecule has 0 aromatic heterocycles. The zero-order valence-electron chi connectivity index (χ0n) is 8.18. The minimum atomic E-state index is -0.437. The molecule has 0 radical (unpaired) electrons. The molecule has 0 heterocycles. The monoisotopic (exact) mass is 274 g/mol. The van der Waals surface area contributed by atoms with Crippen molar-refractivity contribution in [3.05, 3.63) is 32.8 Å². The summed E-state index contributed by atoms with van der Waals surface area (Å²) in [6.07, 6.45) is 0. The van der Waals surface area contributed by atoms with Gasteiger partial charge in [0.1, 0.15) is 5.69 Å². The van der Waals surface area contributed by atoms with E-state index in [2.05, 4.69) is 15.9 Å². The van der Waals surface area contributed by atoms with Crippen LogP contribution in [0, 0.1) is 10.1 Å². The van der Waals surface area contributed by atoms with Gasteiger partial charge in [-0.1, -0.05) is 15.9 Å². The van der Waals surface area contributed by atoms with E-state index in [1.165, 1.54) is 6.07 Å². The molecule has 82 valence electrons. The van der Waals surface area contributed by atoms with Crippen molar-refractivity contribution in [2.45, 2.75) is 0 Å². The van der Waals surface area contributed by atoms with Crippen molar-refractivity contribution < 1.29 is 10.0 Å². The average Bonchev–Trinajstić information content (AvgIpc) is 2.17. The summed E-state index contributed by atoms with van der Waals surface area (Å²) in [5.41, 5.74) is 0.526. The summed E-state index contributed by atoms with van der Waals surface area (Å²) in [7, 11) is 1.70. The Bertz CT molecular complexity index is 370. The van der Waals surface area contributed by atoms with Crippen LogP contribution >= 0.6 is 15.9 Å². The molecule has 0 saturated carbocycles. The van der Waals surface area contributed by atoms with Gasteiger partial charge in [0, 0.05) is 24.1 Å². The van der Waals surface area contributed by atoms with Gasteiger partial charge < -0.3 is 10.0 Å². The van der Waals surface area contributed by atoms with Crippen LogP contribution in [0.1, 0.15) is 0 Å². The number of aliphatic hydroxyl groups excluding tert-OH is 1. The van der Waals surface area contributed by atoms with Crippen LogP contribution in [0.25, 0.3) is 0 Å². The average molecular weight is 275 g/mol. The van der Waals surface area contributed by atoms with E-state index in [0.29, 0.717) is 16.7 Å². The molecule has 1 rings (SSSR count). The van der Waals surface area contributed by atoms with Gasteiger partial charge in [0.05, 0.1) is 11.5 Å². The molecule has 0 atom stereocenters. The topological polar surface area (TPSA) is 66.6 Å². The Balaban J connectivity index is 3.10. The number of aliphatic hydroxyl groups is 1. The molecule has 0 amide bonds. The summed E-state index contributed by atoms with van der Waals surface area (Å²) in [6, 6.07) is 4.83. The molecular weight excluding hydrogens is 264 g/mol. The summed E-state index contributed by atoms with van der Waals surface area (Å²) >= 11 is 3.18. The lowest BCUT2D eigenvalue weighted by Crippen LogP contribution is -2.22. The van der Waals surface area contributed by atoms with Gasteiger partial charge in [-0.3, -0.25) is 10.1 Å². The first-order valence-corrected chi connectivity index (χ1v) is 5.11. The van der Waals surface area contributed by atoms with Crippen LogP contribution in [-0.4, -0.2) is 30.2 Å². The largest absolute Gasteiger partial charge is 0.395 e. The normalized spacial score (nSPS) is 10.1. The quantitative estimate of drug-likeness (QED) is 0.672. The summed E-state index contributed by atoms with van der Waals surface area (Å²) in [5.74, 6) is 0. The first-order valence-electron chi connectivity index (χ1n) is 4.32. The molecule has 0 spiro atoms. The van der Waals surface area contributed by atoms with Crippen LogP contribution in [0.5, 0.6) is 0 Å². The number of hydrogen-bond donors (Lipinski definition) is 1. The number of nitro benzene ring substituents is 1. The van der Waals surface area contributed by atoms with Crippen LogP contribution < -0.4 is 4.90 Å². The fourth-order valence-corrected chi connectivity index (χ4v) is 1.59. The van der Waals surface area contributed by atoms with Gasteiger partial charge in [0.2, 0.25) is 0 Å². The van der Waals surface area contributed by atoms with Gasteiger partial charge in [0.15, 0.2) is 0 Å². The molecular formula is C9H11BrN2O3. The SMILES string of the molecule is CN(CCO)c1ccc(Br)cc1[N+](=O)[O-]. The molecule has 0 aliphatic rings. The maximum absolute atomic E-state index is 10.8. The van der Waals surface area contributed by atoms with Crippen molar-refractivity contribution in [1.82, 2.24) is 0 Å². The van der Waals surface area contributed by atoms with Crippen molar-refractivity contribution in [3.63, 3.8) is 0 Å². The van der Waals surface area contributed by atoms with E-state index in [0.717, 1.165) is 0 Å². The lowest BCUT2D eigenvalue weighted by molar-refractivity contribution is -0.384. The third kappa shape index (κ3) is 2.90. The Morgan fingerprint density at radius 3 is 2.80 bits per heavy atom. The highest BCUT2D eigenvalue weighted by molar-refractivity contribution is 9.10. The minimum Gasteiger partial charge on any atom is -0.395 e. The van der Waals surface area contributed by atoms with E-state index in [9.17, 15) is 10.1 Å². The van der Waals surface area contributed by atoms with Crippen LogP contribution in [0.4, 0.5) is 11.4 Å². The van der Waals surface area contributed by atoms with E-state index >= 15 is 0 Å². The Labute approximate surface area is 95.6 Å². The second-order valence-electron chi connectivity index (χ2n) is 3.04. The van der Waals surface area contributed by atoms with Gasteiger partial charge in [-0.2, -0.15) is 0 Å². The van der Waals surface area contributed by atoms with Gasteiger partial charge in [-0.05, 0) is 12.1 Å². The third-order valence-electron chi connectivity index (χ3n) is 1.98. The smallest absolute Gasteiger partial charge is 0.293 e. The highest BCUT2D eigenvalue weighted by Crippen LogP contribution is 2.30. The Hall–Kier alpha value is -1.14. The molecule has 0 fully saturated rings. The number of benzene rings is 1. The molecule has 15 heavy (non-hydrogen) atoms. The zero-order valence-corrected chi connectivity index (χ0v) is 9.77. The van der Waals surface area contributed by atoms with E-state index < -0.39 is 4.92 Å². The third-order valence-corrected chi connectivity index (χ3v) is 2.47. The van der Waals surface area contributed by atoms with Gasteiger partial charge in [-0.15, -0.1) is 0 Å². The molecule has 1 aromatic carbocycles. The highest BCUT2D eigenvalue weighted by Gasteiger charge is 2.16. The summed E-state index contributed by atoms with van der Waals surface area (Å²) < 4.78 is 0.662. The maximum Gasteiger partial charge on any atom is 0.293 e. The molecule has 0 aliphatic carbocycles. The number of nitro groups is 1. The maximum atomic E-state index is 10.8. The molecule has 0 aliphatic heterocycles. The lowest BCUT2D eigenvalue weighted by Gasteiger charge is -2.17. The van der Waals surface area contributed by atoms with E-state index in [1.807, 2.05) is 0 Å². The standard InChI is InChI=1S/C9H11BrN2O3/c1-11(4-5-13)8-3-2-7(10)6-9(8)12(14)15/h2-3,6,13H,4-5H2,1H3. The van der Waals surface area contributed by atoms with Crippen molar-refractivity contribution in [1.29, 1.82) is 0 Å². The minimum absolute atomic E-state index is 0.0281. The molecule has 6 heteroatoms. The number of halogens is 1. The van der Waals surface area contributed by atoms with Crippen LogP contribution in [-0.2, 0) is 0 Å². The predicted octanol–water partition coefficient (Wildman–Crippen LogP) is 1.79. The molecule has 0 unspecified atom stereocenters. The number of anilines is 1. The van der Waals surface area contributed by atoms with Crippen molar-refractivity contribution in [2.24, 2.45) is 0 Å². The Morgan fingerprint density at radius 1 is 1.60 bits per heavy atom. The first kappa shape index (κ1) is 11.9. The summed E-state index contributed by atoms with van der Waals surface area (Å²) in [4.78, 5) is 12.0. The zero-order chi connectivity index (χ0) is 11.4. The van der Waals surface area contributed by atoms with Crippen LogP contribution in [0.2, 0.25) is 0 Å². The van der Waals surface area contributed by atoms with Gasteiger partial charge in [-0.25, -0.2) is 0 Å². The Morgan fingerprint density at radius 2 is 2.27 bits per heavy atom. The second kappa shape index (κ2) is 5.09. The predicted molar refractivity (Wildman–Crippen MR) is 61.2 cm³/mol. The highest BCUT2D eigenvalue weighted by atomic mass is 79.9. The van der Waals surface area contributed by atoms with Crippen molar-refractivity contribution in [3.8, 4) is 0 Å². The van der Waals surface area contributed by atoms with Crippen molar-refractivity contribution >= 4 is 27.3 Å². The fraction of sp³-hybridized carbons (Fsp3) is 0.333. The number of nitrogens with zero attached hydrogens (tertiary/aromatic N) is 2. The Kier molecular flexibility index (Phi) is 4.05. The molecule has 0 bridgehead atoms. The first-order chi connectivity index (χ1) is 7.06. The molecule has 1 N–H and O–H groups in total. The summed E-state index contributed by atoms with van der Waals surface area (Å²) in [5, 5.41) is 19.5. The molecule has 5 nitrogen and oxygen atoms in total. The van der Waals surface area contributed by atoms with E-state index in [-0.39, 0.29) is 12.3 Å². The number of hydrogen-bond acceptors (Lipinski definition) is 4. The molecule has 1 aromatic rings. The van der Waals surface area contributed by atoms with Gasteiger partial charge >= 0.3 is 0 Å². The summed E-state index contributed by atoms with van der Waals surface area (Å²) in [6.45, 7) is 0.326. The fourth-order valence-electron chi connectivity index (χ4n) is 1.24. The number of rotatable bonds is 4. The van der Waals surface area contributed by atoms with E-state index in [4.69, 9.17) is 5.11 Å². The second-order valence-corrected chi connectivity index (χ2v) is 3.95. The van der Waals surface area contributed by atoms with Crippen LogP contribution in [0.3, 0.4) is 0 Å².